The van der Waals surface area contributed by atoms with Crippen LogP contribution in [0.25, 0.3) is 10.2 Å². The van der Waals surface area contributed by atoms with Gasteiger partial charge in [-0.3, -0.25) is 19.3 Å². The van der Waals surface area contributed by atoms with E-state index in [4.69, 9.17) is 0 Å². The molecule has 0 radical (unpaired) electrons. The summed E-state index contributed by atoms with van der Waals surface area (Å²) in [6.07, 6.45) is 10.7. The van der Waals surface area contributed by atoms with Gasteiger partial charge in [0.15, 0.2) is 0 Å². The van der Waals surface area contributed by atoms with Crippen molar-refractivity contribution in [1.82, 2.24) is 19.5 Å². The number of aryl methyl sites for hydroxylation is 1. The molecule has 0 N–H and O–H groups in total. The molecular weight excluding hydrogens is 320 g/mol. The Kier molecular flexibility index (Phi) is 3.92. The van der Waals surface area contributed by atoms with Crippen LogP contribution in [0.4, 0.5) is 0 Å². The first-order chi connectivity index (χ1) is 11.6. The average molecular weight is 340 g/mol. The van der Waals surface area contributed by atoms with E-state index in [1.165, 1.54) is 10.4 Å². The van der Waals surface area contributed by atoms with E-state index < -0.39 is 0 Å². The lowest BCUT2D eigenvalue weighted by Gasteiger charge is -2.18. The molecule has 1 aliphatic carbocycles. The molecule has 0 unspecified atom stereocenters. The van der Waals surface area contributed by atoms with Crippen LogP contribution in [0.15, 0.2) is 29.7 Å². The monoisotopic (exact) mass is 340 g/mol. The van der Waals surface area contributed by atoms with Crippen molar-refractivity contribution >= 4 is 21.6 Å². The standard InChI is InChI=1S/C18H20N4OS/c1-11-3-4-14-15(7-11)24-17-16(14)18(23)22(10-21-17)12(2)8-13-9-19-5-6-20-13/h5-6,9-12H,3-4,7-8H2,1-2H3/t11-,12-/m0/s1. The molecule has 3 aromatic heterocycles. The van der Waals surface area contributed by atoms with Crippen LogP contribution in [0.1, 0.15) is 42.4 Å². The first kappa shape index (κ1) is 15.4. The van der Waals surface area contributed by atoms with Gasteiger partial charge < -0.3 is 0 Å². The smallest absolute Gasteiger partial charge is 0.262 e. The van der Waals surface area contributed by atoms with E-state index in [1.807, 2.05) is 6.92 Å². The molecule has 5 nitrogen and oxygen atoms in total. The molecule has 0 aliphatic heterocycles. The number of aromatic nitrogens is 4. The van der Waals surface area contributed by atoms with Crippen molar-refractivity contribution in [2.45, 2.75) is 45.6 Å². The SMILES string of the molecule is C[C@H]1CCc2c(sc3ncn([C@@H](C)Cc4cnccn4)c(=O)c23)C1. The number of hydrogen-bond donors (Lipinski definition) is 0. The molecule has 6 heteroatoms. The second-order valence-corrected chi connectivity index (χ2v) is 7.82. The normalized spacial score (nSPS) is 18.5. The summed E-state index contributed by atoms with van der Waals surface area (Å²) in [6, 6.07) is 0.00386. The maximum Gasteiger partial charge on any atom is 0.262 e. The largest absolute Gasteiger partial charge is 0.295 e. The molecule has 1 aliphatic rings. The Hall–Kier alpha value is -2.08. The Morgan fingerprint density at radius 3 is 3.04 bits per heavy atom. The summed E-state index contributed by atoms with van der Waals surface area (Å²) in [6.45, 7) is 4.31. The van der Waals surface area contributed by atoms with Gasteiger partial charge in [-0.2, -0.15) is 0 Å². The minimum absolute atomic E-state index is 0.00386. The molecule has 0 saturated heterocycles. The lowest BCUT2D eigenvalue weighted by Crippen LogP contribution is -2.25. The van der Waals surface area contributed by atoms with E-state index in [1.54, 1.807) is 40.8 Å². The van der Waals surface area contributed by atoms with Crippen LogP contribution < -0.4 is 5.56 Å². The minimum Gasteiger partial charge on any atom is -0.295 e. The fourth-order valence-electron chi connectivity index (χ4n) is 3.49. The fourth-order valence-corrected chi connectivity index (χ4v) is 4.84. The molecular formula is C18H20N4OS. The summed E-state index contributed by atoms with van der Waals surface area (Å²) in [7, 11) is 0. The number of nitrogens with zero attached hydrogens (tertiary/aromatic N) is 4. The van der Waals surface area contributed by atoms with Gasteiger partial charge in [-0.05, 0) is 37.7 Å². The van der Waals surface area contributed by atoms with Gasteiger partial charge in [0.05, 0.1) is 17.4 Å². The zero-order valence-electron chi connectivity index (χ0n) is 13.9. The Bertz CT molecular complexity index is 931. The van der Waals surface area contributed by atoms with Gasteiger partial charge in [0.1, 0.15) is 4.83 Å². The minimum atomic E-state index is 0.00386. The van der Waals surface area contributed by atoms with Gasteiger partial charge >= 0.3 is 0 Å². The maximum absolute atomic E-state index is 13.1. The molecule has 0 aromatic carbocycles. The van der Waals surface area contributed by atoms with Gasteiger partial charge in [-0.15, -0.1) is 11.3 Å². The highest BCUT2D eigenvalue weighted by molar-refractivity contribution is 7.18. The van der Waals surface area contributed by atoms with Crippen molar-refractivity contribution in [3.8, 4) is 0 Å². The molecule has 0 fully saturated rings. The predicted molar refractivity (Wildman–Crippen MR) is 95.5 cm³/mol. The summed E-state index contributed by atoms with van der Waals surface area (Å²) < 4.78 is 1.75. The Morgan fingerprint density at radius 1 is 1.38 bits per heavy atom. The van der Waals surface area contributed by atoms with E-state index >= 15 is 0 Å². The van der Waals surface area contributed by atoms with Gasteiger partial charge in [0.25, 0.3) is 5.56 Å². The topological polar surface area (TPSA) is 60.7 Å². The van der Waals surface area contributed by atoms with Crippen LogP contribution in [0.2, 0.25) is 0 Å². The van der Waals surface area contributed by atoms with Crippen LogP contribution >= 0.6 is 11.3 Å². The van der Waals surface area contributed by atoms with Crippen molar-refractivity contribution < 1.29 is 0 Å². The molecule has 0 amide bonds. The lowest BCUT2D eigenvalue weighted by atomic mass is 9.89. The van der Waals surface area contributed by atoms with E-state index in [9.17, 15) is 4.79 Å². The van der Waals surface area contributed by atoms with Crippen molar-refractivity contribution in [3.05, 3.63) is 51.4 Å². The van der Waals surface area contributed by atoms with Crippen LogP contribution in [0.5, 0.6) is 0 Å². The van der Waals surface area contributed by atoms with Crippen LogP contribution in [0, 0.1) is 5.92 Å². The van der Waals surface area contributed by atoms with Gasteiger partial charge in [0, 0.05) is 35.9 Å². The quantitative estimate of drug-likeness (QED) is 0.735. The first-order valence-corrected chi connectivity index (χ1v) is 9.21. The molecule has 0 spiro atoms. The second kappa shape index (κ2) is 6.09. The molecule has 4 rings (SSSR count). The highest BCUT2D eigenvalue weighted by atomic mass is 32.1. The van der Waals surface area contributed by atoms with Crippen LogP contribution in [-0.4, -0.2) is 19.5 Å². The molecule has 2 atom stereocenters. The average Bonchev–Trinajstić information content (AvgIpc) is 2.94. The molecule has 124 valence electrons. The van der Waals surface area contributed by atoms with Crippen molar-refractivity contribution in [2.24, 2.45) is 5.92 Å². The molecule has 3 aromatic rings. The lowest BCUT2D eigenvalue weighted by molar-refractivity contribution is 0.506. The summed E-state index contributed by atoms with van der Waals surface area (Å²) in [5.74, 6) is 0.698. The molecule has 0 bridgehead atoms. The van der Waals surface area contributed by atoms with Crippen molar-refractivity contribution in [2.75, 3.05) is 0 Å². The van der Waals surface area contributed by atoms with Crippen LogP contribution in [0.3, 0.4) is 0 Å². The maximum atomic E-state index is 13.1. The second-order valence-electron chi connectivity index (χ2n) is 6.74. The summed E-state index contributed by atoms with van der Waals surface area (Å²) in [5, 5.41) is 0.843. The molecule has 24 heavy (non-hydrogen) atoms. The summed E-state index contributed by atoms with van der Waals surface area (Å²) >= 11 is 1.70. The van der Waals surface area contributed by atoms with Crippen molar-refractivity contribution in [3.63, 3.8) is 0 Å². The fraction of sp³-hybridized carbons (Fsp3) is 0.444. The van der Waals surface area contributed by atoms with Crippen LogP contribution in [-0.2, 0) is 19.3 Å². The zero-order chi connectivity index (χ0) is 16.7. The number of rotatable bonds is 3. The third kappa shape index (κ3) is 2.65. The van der Waals surface area contributed by atoms with Crippen molar-refractivity contribution in [1.29, 1.82) is 0 Å². The summed E-state index contributed by atoms with van der Waals surface area (Å²) in [4.78, 5) is 28.3. The van der Waals surface area contributed by atoms with E-state index in [-0.39, 0.29) is 11.6 Å². The van der Waals surface area contributed by atoms with Gasteiger partial charge in [-0.1, -0.05) is 6.92 Å². The number of hydrogen-bond acceptors (Lipinski definition) is 5. The Labute approximate surface area is 144 Å². The summed E-state index contributed by atoms with van der Waals surface area (Å²) in [5.41, 5.74) is 2.22. The van der Waals surface area contributed by atoms with E-state index in [2.05, 4.69) is 21.9 Å². The first-order valence-electron chi connectivity index (χ1n) is 8.39. The van der Waals surface area contributed by atoms with Gasteiger partial charge in [-0.25, -0.2) is 4.98 Å². The third-order valence-corrected chi connectivity index (χ3v) is 6.00. The number of fused-ring (bicyclic) bond motifs is 3. The van der Waals surface area contributed by atoms with E-state index in [0.29, 0.717) is 12.3 Å². The number of thiophene rings is 1. The predicted octanol–water partition coefficient (Wildman–Crippen LogP) is 3.18. The highest BCUT2D eigenvalue weighted by Crippen LogP contribution is 2.35. The van der Waals surface area contributed by atoms with Gasteiger partial charge in [0.2, 0.25) is 0 Å². The Balaban J connectivity index is 1.74. The Morgan fingerprint density at radius 2 is 2.25 bits per heavy atom. The highest BCUT2D eigenvalue weighted by Gasteiger charge is 2.23. The zero-order valence-corrected chi connectivity index (χ0v) is 14.7. The molecule has 0 saturated carbocycles. The molecule has 3 heterocycles. The van der Waals surface area contributed by atoms with E-state index in [0.717, 1.165) is 35.2 Å². The third-order valence-electron chi connectivity index (χ3n) is 4.84.